The van der Waals surface area contributed by atoms with E-state index in [0.717, 1.165) is 67.0 Å². The van der Waals surface area contributed by atoms with E-state index >= 15 is 0 Å². The molecular weight excluding hydrogens is 566 g/mol. The number of unbranched alkanes of at least 4 members (excludes halogenated alkanes) is 1. The normalized spacial score (nSPS) is 12.2. The molecule has 0 fully saturated rings. The van der Waals surface area contributed by atoms with Crippen LogP contribution in [-0.4, -0.2) is 66.1 Å². The number of allylic oxidation sites excluding steroid dienone is 6. The lowest BCUT2D eigenvalue weighted by Crippen LogP contribution is -2.31. The fraction of sp³-hybridized carbons (Fsp3) is 0.447. The molecule has 0 saturated carbocycles. The van der Waals surface area contributed by atoms with Crippen LogP contribution in [0, 0.1) is 0 Å². The molecule has 0 aliphatic carbocycles. The van der Waals surface area contributed by atoms with Gasteiger partial charge in [0, 0.05) is 29.3 Å². The van der Waals surface area contributed by atoms with Crippen molar-refractivity contribution in [2.75, 3.05) is 45.2 Å². The first kappa shape index (κ1) is 37.3. The van der Waals surface area contributed by atoms with E-state index in [1.54, 1.807) is 30.0 Å². The Bertz CT molecular complexity index is 1220. The number of rotatable bonds is 22. The highest BCUT2D eigenvalue weighted by molar-refractivity contribution is 7.99. The van der Waals surface area contributed by atoms with E-state index in [1.807, 2.05) is 35.2 Å². The molecule has 2 rings (SSSR count). The molecule has 2 aromatic rings. The van der Waals surface area contributed by atoms with Gasteiger partial charge in [-0.2, -0.15) is 0 Å². The summed E-state index contributed by atoms with van der Waals surface area (Å²) in [4.78, 5) is 16.1. The smallest absolute Gasteiger partial charge is 0.185 e. The molecule has 0 bridgehead atoms. The number of nitrogens with zero attached hydrogens (tertiary/aromatic N) is 1. The first-order chi connectivity index (χ1) is 21.3. The van der Waals surface area contributed by atoms with Crippen LogP contribution < -0.4 is 4.74 Å². The van der Waals surface area contributed by atoms with Crippen molar-refractivity contribution < 1.29 is 19.7 Å². The third-order valence-electron chi connectivity index (χ3n) is 7.24. The second kappa shape index (κ2) is 22.6. The third kappa shape index (κ3) is 16.2. The van der Waals surface area contributed by atoms with Crippen molar-refractivity contribution in [1.29, 1.82) is 0 Å². The van der Waals surface area contributed by atoms with Crippen molar-refractivity contribution in [2.24, 2.45) is 0 Å². The van der Waals surface area contributed by atoms with Crippen molar-refractivity contribution in [3.8, 4) is 5.75 Å². The largest absolute Gasteiger partial charge is 0.494 e. The number of benzene rings is 2. The number of aliphatic hydroxyl groups excluding tert-OH is 2. The SMILES string of the molecule is CC(C)=CCCC(C)=CCCC(C)=CCSc1ccccc1/C=C/C(=O)c1ccc(OCCCCN(CCO)CCO)cc1. The highest BCUT2D eigenvalue weighted by Gasteiger charge is 2.06. The Morgan fingerprint density at radius 2 is 1.48 bits per heavy atom. The van der Waals surface area contributed by atoms with Gasteiger partial charge in [-0.15, -0.1) is 11.8 Å². The average molecular weight is 620 g/mol. The third-order valence-corrected chi connectivity index (χ3v) is 8.25. The van der Waals surface area contributed by atoms with Crippen molar-refractivity contribution in [3.05, 3.63) is 101 Å². The molecule has 2 N–H and O–H groups in total. The first-order valence-corrected chi connectivity index (χ1v) is 16.9. The van der Waals surface area contributed by atoms with Crippen LogP contribution in [0.1, 0.15) is 82.1 Å². The standard InChI is InChI=1S/C38H53NO4S/c1-31(2)11-9-12-32(3)13-10-14-33(4)23-30-44-38-16-6-5-15-35(38)19-22-37(42)34-17-20-36(21-18-34)43-29-8-7-24-39(25-27-40)26-28-41/h5-6,11,13,15-23,40-41H,7-10,12,14,24-30H2,1-4H3/b22-19+,32-13?,33-23?. The highest BCUT2D eigenvalue weighted by Crippen LogP contribution is 2.25. The van der Waals surface area contributed by atoms with Gasteiger partial charge in [-0.3, -0.25) is 9.69 Å². The van der Waals surface area contributed by atoms with Crippen molar-refractivity contribution in [2.45, 2.75) is 71.1 Å². The second-order valence-electron chi connectivity index (χ2n) is 11.4. The molecule has 240 valence electrons. The molecule has 0 atom stereocenters. The summed E-state index contributed by atoms with van der Waals surface area (Å²) in [6, 6.07) is 15.5. The van der Waals surface area contributed by atoms with Gasteiger partial charge in [0.05, 0.1) is 19.8 Å². The van der Waals surface area contributed by atoms with Gasteiger partial charge in [-0.1, -0.05) is 53.1 Å². The van der Waals surface area contributed by atoms with Gasteiger partial charge in [0.2, 0.25) is 0 Å². The minimum absolute atomic E-state index is 0.0378. The monoisotopic (exact) mass is 619 g/mol. The van der Waals surface area contributed by atoms with E-state index in [4.69, 9.17) is 14.9 Å². The summed E-state index contributed by atoms with van der Waals surface area (Å²) < 4.78 is 5.84. The zero-order valence-electron chi connectivity index (χ0n) is 27.3. The second-order valence-corrected chi connectivity index (χ2v) is 12.4. The zero-order valence-corrected chi connectivity index (χ0v) is 28.1. The minimum Gasteiger partial charge on any atom is -0.494 e. The predicted octanol–water partition coefficient (Wildman–Crippen LogP) is 8.54. The maximum atomic E-state index is 12.9. The summed E-state index contributed by atoms with van der Waals surface area (Å²) in [6.45, 7) is 11.5. The van der Waals surface area contributed by atoms with Crippen molar-refractivity contribution in [3.63, 3.8) is 0 Å². The van der Waals surface area contributed by atoms with E-state index in [1.165, 1.54) is 16.7 Å². The van der Waals surface area contributed by atoms with E-state index < -0.39 is 0 Å². The molecule has 44 heavy (non-hydrogen) atoms. The lowest BCUT2D eigenvalue weighted by atomic mass is 10.1. The average Bonchev–Trinajstić information content (AvgIpc) is 3.00. The van der Waals surface area contributed by atoms with Crippen LogP contribution in [0.5, 0.6) is 5.75 Å². The fourth-order valence-corrected chi connectivity index (χ4v) is 5.61. The topological polar surface area (TPSA) is 70.0 Å². The zero-order chi connectivity index (χ0) is 32.0. The molecule has 2 aromatic carbocycles. The van der Waals surface area contributed by atoms with Crippen LogP contribution >= 0.6 is 11.8 Å². The Hall–Kier alpha value is -2.90. The van der Waals surface area contributed by atoms with E-state index in [2.05, 4.69) is 58.1 Å². The van der Waals surface area contributed by atoms with E-state index in [0.29, 0.717) is 25.3 Å². The molecule has 0 radical (unpaired) electrons. The molecule has 0 aromatic heterocycles. The Morgan fingerprint density at radius 1 is 0.818 bits per heavy atom. The van der Waals surface area contributed by atoms with Gasteiger partial charge in [0.15, 0.2) is 5.78 Å². The lowest BCUT2D eigenvalue weighted by molar-refractivity contribution is 0.104. The quantitative estimate of drug-likeness (QED) is 0.0453. The van der Waals surface area contributed by atoms with Gasteiger partial charge >= 0.3 is 0 Å². The molecule has 0 amide bonds. The molecule has 0 spiro atoms. The molecule has 0 heterocycles. The van der Waals surface area contributed by atoms with Crippen LogP contribution in [-0.2, 0) is 0 Å². The predicted molar refractivity (Wildman–Crippen MR) is 188 cm³/mol. The van der Waals surface area contributed by atoms with Crippen molar-refractivity contribution >= 4 is 23.6 Å². The van der Waals surface area contributed by atoms with Crippen LogP contribution in [0.25, 0.3) is 6.08 Å². The number of aliphatic hydroxyl groups is 2. The van der Waals surface area contributed by atoms with Gasteiger partial charge in [-0.25, -0.2) is 0 Å². The van der Waals surface area contributed by atoms with Crippen LogP contribution in [0.15, 0.2) is 94.4 Å². The minimum atomic E-state index is -0.0378. The Kier molecular flexibility index (Phi) is 19.1. The summed E-state index contributed by atoms with van der Waals surface area (Å²) in [6.07, 6.45) is 16.8. The van der Waals surface area contributed by atoms with Crippen LogP contribution in [0.2, 0.25) is 0 Å². The maximum Gasteiger partial charge on any atom is 0.185 e. The molecule has 6 heteroatoms. The molecule has 0 aliphatic rings. The summed E-state index contributed by atoms with van der Waals surface area (Å²) in [5.41, 5.74) is 5.93. The molecule has 0 saturated heterocycles. The van der Waals surface area contributed by atoms with Crippen LogP contribution in [0.3, 0.4) is 0 Å². The highest BCUT2D eigenvalue weighted by atomic mass is 32.2. The maximum absolute atomic E-state index is 12.9. The summed E-state index contributed by atoms with van der Waals surface area (Å²) in [7, 11) is 0. The number of hydrogen-bond acceptors (Lipinski definition) is 6. The van der Waals surface area contributed by atoms with Gasteiger partial charge in [0.25, 0.3) is 0 Å². The van der Waals surface area contributed by atoms with Crippen molar-refractivity contribution in [1.82, 2.24) is 4.90 Å². The van der Waals surface area contributed by atoms with E-state index in [9.17, 15) is 4.79 Å². The summed E-state index contributed by atoms with van der Waals surface area (Å²) in [5, 5.41) is 18.2. The summed E-state index contributed by atoms with van der Waals surface area (Å²) in [5.74, 6) is 1.60. The first-order valence-electron chi connectivity index (χ1n) is 15.9. The van der Waals surface area contributed by atoms with E-state index in [-0.39, 0.29) is 19.0 Å². The lowest BCUT2D eigenvalue weighted by Gasteiger charge is -2.19. The number of ether oxygens (including phenoxy) is 1. The Morgan fingerprint density at radius 3 is 2.16 bits per heavy atom. The Balaban J connectivity index is 1.79. The van der Waals surface area contributed by atoms with Gasteiger partial charge in [-0.05, 0) is 121 Å². The molecular formula is C38H53NO4S. The van der Waals surface area contributed by atoms with Gasteiger partial charge in [0.1, 0.15) is 5.75 Å². The molecule has 0 unspecified atom stereocenters. The number of thioether (sulfide) groups is 1. The summed E-state index contributed by atoms with van der Waals surface area (Å²) >= 11 is 1.79. The Labute approximate surface area is 270 Å². The molecule has 5 nitrogen and oxygen atoms in total. The molecule has 0 aliphatic heterocycles. The number of carbonyl (C=O) groups excluding carboxylic acids is 1. The fourth-order valence-electron chi connectivity index (χ4n) is 4.59. The number of carbonyl (C=O) groups is 1. The number of hydrogen-bond donors (Lipinski definition) is 2. The van der Waals surface area contributed by atoms with Crippen LogP contribution in [0.4, 0.5) is 0 Å². The van der Waals surface area contributed by atoms with Gasteiger partial charge < -0.3 is 14.9 Å². The number of ketones is 1.